The predicted molar refractivity (Wildman–Crippen MR) is 151 cm³/mol. The second kappa shape index (κ2) is 10.3. The Kier molecular flexibility index (Phi) is 7.07. The van der Waals surface area contributed by atoms with Crippen LogP contribution in [-0.2, 0) is 16.1 Å². The maximum absolute atomic E-state index is 13.4. The van der Waals surface area contributed by atoms with Crippen LogP contribution < -0.4 is 9.80 Å². The third-order valence-electron chi connectivity index (χ3n) is 8.13. The van der Waals surface area contributed by atoms with Crippen molar-refractivity contribution in [2.24, 2.45) is 5.41 Å². The number of hydrogen-bond donors (Lipinski definition) is 0. The second-order valence-corrected chi connectivity index (χ2v) is 11.8. The van der Waals surface area contributed by atoms with Gasteiger partial charge in [0, 0.05) is 62.9 Å². The third kappa shape index (κ3) is 5.49. The Hall–Kier alpha value is -3.55. The topological polar surface area (TPSA) is 70.9 Å². The molecule has 4 heterocycles. The lowest BCUT2D eigenvalue weighted by molar-refractivity contribution is -0.134. The van der Waals surface area contributed by atoms with Gasteiger partial charge in [-0.1, -0.05) is 12.1 Å². The van der Waals surface area contributed by atoms with E-state index in [1.54, 1.807) is 7.05 Å². The SMILES string of the molecule is CN(C(=O)OC(C)(C)C)c1cccc2ccn(CC(=O)N3CCC4(CC3)CCN(c3ccncc3)CC4)c12. The summed E-state index contributed by atoms with van der Waals surface area (Å²) < 4.78 is 7.54. The van der Waals surface area contributed by atoms with E-state index in [9.17, 15) is 9.59 Å². The number of pyridine rings is 1. The lowest BCUT2D eigenvalue weighted by Gasteiger charge is -2.47. The minimum Gasteiger partial charge on any atom is -0.443 e. The summed E-state index contributed by atoms with van der Waals surface area (Å²) in [4.78, 5) is 36.3. The molecule has 1 spiro atoms. The molecule has 0 aliphatic carbocycles. The van der Waals surface area contributed by atoms with Crippen molar-refractivity contribution in [3.05, 3.63) is 55.0 Å². The number of rotatable bonds is 4. The molecule has 202 valence electrons. The summed E-state index contributed by atoms with van der Waals surface area (Å²) in [6, 6.07) is 12.0. The molecule has 2 amide bonds. The van der Waals surface area contributed by atoms with Gasteiger partial charge in [-0.05, 0) is 76.1 Å². The molecule has 5 rings (SSSR count). The van der Waals surface area contributed by atoms with Gasteiger partial charge < -0.3 is 19.1 Å². The van der Waals surface area contributed by atoms with Crippen LogP contribution >= 0.6 is 0 Å². The smallest absolute Gasteiger partial charge is 0.414 e. The molecule has 0 atom stereocenters. The number of hydrogen-bond acceptors (Lipinski definition) is 5. The molecule has 0 bridgehead atoms. The average molecular weight is 518 g/mol. The third-order valence-corrected chi connectivity index (χ3v) is 8.13. The molecule has 3 aromatic rings. The Morgan fingerprint density at radius 3 is 2.29 bits per heavy atom. The number of nitrogens with zero attached hydrogens (tertiary/aromatic N) is 5. The largest absolute Gasteiger partial charge is 0.443 e. The summed E-state index contributed by atoms with van der Waals surface area (Å²) in [6.07, 6.45) is 9.69. The summed E-state index contributed by atoms with van der Waals surface area (Å²) >= 11 is 0. The normalized spacial score (nSPS) is 17.6. The van der Waals surface area contributed by atoms with E-state index >= 15 is 0 Å². The molecule has 0 N–H and O–H groups in total. The molecular formula is C30H39N5O3. The van der Waals surface area contributed by atoms with Crippen LogP contribution in [0.5, 0.6) is 0 Å². The van der Waals surface area contributed by atoms with E-state index in [1.807, 2.05) is 73.1 Å². The first-order chi connectivity index (χ1) is 18.1. The molecule has 0 saturated carbocycles. The maximum atomic E-state index is 13.4. The number of aromatic nitrogens is 2. The number of carbonyl (C=O) groups excluding carboxylic acids is 2. The fraction of sp³-hybridized carbons (Fsp3) is 0.500. The van der Waals surface area contributed by atoms with E-state index in [0.717, 1.165) is 55.6 Å². The Balaban J connectivity index is 1.22. The molecule has 38 heavy (non-hydrogen) atoms. The lowest BCUT2D eigenvalue weighted by Crippen LogP contribution is -2.48. The van der Waals surface area contributed by atoms with E-state index in [1.165, 1.54) is 23.4 Å². The number of ether oxygens (including phenoxy) is 1. The summed E-state index contributed by atoms with van der Waals surface area (Å²) in [5, 5.41) is 0.990. The van der Waals surface area contributed by atoms with Crippen LogP contribution in [0.2, 0.25) is 0 Å². The van der Waals surface area contributed by atoms with Crippen LogP contribution in [0.4, 0.5) is 16.2 Å². The van der Waals surface area contributed by atoms with Gasteiger partial charge in [-0.3, -0.25) is 14.7 Å². The Morgan fingerprint density at radius 1 is 0.974 bits per heavy atom. The molecule has 0 radical (unpaired) electrons. The maximum Gasteiger partial charge on any atom is 0.414 e. The van der Waals surface area contributed by atoms with Gasteiger partial charge in [0.15, 0.2) is 0 Å². The zero-order valence-electron chi connectivity index (χ0n) is 23.0. The van der Waals surface area contributed by atoms with Crippen LogP contribution in [0.1, 0.15) is 46.5 Å². The molecule has 2 aliphatic rings. The number of benzene rings is 1. The van der Waals surface area contributed by atoms with Gasteiger partial charge in [0.05, 0.1) is 11.2 Å². The molecular weight excluding hydrogens is 478 g/mol. The van der Waals surface area contributed by atoms with E-state index < -0.39 is 11.7 Å². The first-order valence-corrected chi connectivity index (χ1v) is 13.6. The Labute approximate surface area is 225 Å². The Morgan fingerprint density at radius 2 is 1.63 bits per heavy atom. The summed E-state index contributed by atoms with van der Waals surface area (Å²) in [5.74, 6) is 0.126. The van der Waals surface area contributed by atoms with Gasteiger partial charge in [-0.25, -0.2) is 4.79 Å². The number of fused-ring (bicyclic) bond motifs is 1. The van der Waals surface area contributed by atoms with E-state index in [0.29, 0.717) is 5.41 Å². The first kappa shape index (κ1) is 26.1. The molecule has 1 aromatic carbocycles. The molecule has 8 nitrogen and oxygen atoms in total. The van der Waals surface area contributed by atoms with Gasteiger partial charge in [0.2, 0.25) is 5.91 Å². The second-order valence-electron chi connectivity index (χ2n) is 11.8. The summed E-state index contributed by atoms with van der Waals surface area (Å²) in [6.45, 7) is 9.54. The van der Waals surface area contributed by atoms with E-state index in [4.69, 9.17) is 4.74 Å². The summed E-state index contributed by atoms with van der Waals surface area (Å²) in [5.41, 5.74) is 2.60. The first-order valence-electron chi connectivity index (χ1n) is 13.6. The van der Waals surface area contributed by atoms with E-state index in [-0.39, 0.29) is 12.5 Å². The minimum absolute atomic E-state index is 0.126. The number of amides is 2. The van der Waals surface area contributed by atoms with Gasteiger partial charge in [-0.2, -0.15) is 0 Å². The zero-order chi connectivity index (χ0) is 26.9. The van der Waals surface area contributed by atoms with Crippen molar-refractivity contribution in [3.8, 4) is 0 Å². The Bertz CT molecular complexity index is 1280. The fourth-order valence-corrected chi connectivity index (χ4v) is 5.84. The van der Waals surface area contributed by atoms with Crippen molar-refractivity contribution in [1.29, 1.82) is 0 Å². The monoisotopic (exact) mass is 517 g/mol. The van der Waals surface area contributed by atoms with Crippen molar-refractivity contribution < 1.29 is 14.3 Å². The number of carbonyl (C=O) groups is 2. The van der Waals surface area contributed by atoms with Crippen molar-refractivity contribution in [2.45, 2.75) is 58.6 Å². The highest BCUT2D eigenvalue weighted by molar-refractivity contribution is 6.00. The van der Waals surface area contributed by atoms with E-state index in [2.05, 4.69) is 22.0 Å². The van der Waals surface area contributed by atoms with Crippen molar-refractivity contribution in [3.63, 3.8) is 0 Å². The van der Waals surface area contributed by atoms with Crippen LogP contribution in [0.15, 0.2) is 55.0 Å². The van der Waals surface area contributed by atoms with Gasteiger partial charge >= 0.3 is 6.09 Å². The average Bonchev–Trinajstić information content (AvgIpc) is 3.31. The van der Waals surface area contributed by atoms with Crippen molar-refractivity contribution in [2.75, 3.05) is 43.0 Å². The lowest BCUT2D eigenvalue weighted by atomic mass is 9.71. The molecule has 2 fully saturated rings. The fourth-order valence-electron chi connectivity index (χ4n) is 5.84. The standard InChI is InChI=1S/C30H39N5O3/c1-29(2,3)38-28(37)32(4)25-7-5-6-23-10-17-35(27(23)25)22-26(36)34-20-13-30(14-21-34)11-18-33(19-12-30)24-8-15-31-16-9-24/h5-10,15-17H,11-14,18-22H2,1-4H3. The molecule has 2 aromatic heterocycles. The quantitative estimate of drug-likeness (QED) is 0.469. The molecule has 0 unspecified atom stereocenters. The number of para-hydroxylation sites is 1. The number of anilines is 2. The highest BCUT2D eigenvalue weighted by Gasteiger charge is 2.38. The van der Waals surface area contributed by atoms with Gasteiger partial charge in [0.1, 0.15) is 12.1 Å². The summed E-state index contributed by atoms with van der Waals surface area (Å²) in [7, 11) is 1.71. The van der Waals surface area contributed by atoms with Crippen LogP contribution in [0, 0.1) is 5.41 Å². The van der Waals surface area contributed by atoms with Crippen molar-refractivity contribution >= 4 is 34.3 Å². The predicted octanol–water partition coefficient (Wildman–Crippen LogP) is 5.32. The van der Waals surface area contributed by atoms with Gasteiger partial charge in [0.25, 0.3) is 0 Å². The molecule has 2 aliphatic heterocycles. The van der Waals surface area contributed by atoms with Crippen LogP contribution in [0.3, 0.4) is 0 Å². The minimum atomic E-state index is -0.585. The highest BCUT2D eigenvalue weighted by Crippen LogP contribution is 2.42. The zero-order valence-corrected chi connectivity index (χ0v) is 23.0. The molecule has 8 heteroatoms. The number of piperidine rings is 2. The highest BCUT2D eigenvalue weighted by atomic mass is 16.6. The number of likely N-dealkylation sites (tertiary alicyclic amines) is 1. The van der Waals surface area contributed by atoms with Crippen LogP contribution in [0.25, 0.3) is 10.9 Å². The van der Waals surface area contributed by atoms with Crippen LogP contribution in [-0.4, -0.2) is 65.3 Å². The van der Waals surface area contributed by atoms with Crippen molar-refractivity contribution in [1.82, 2.24) is 14.5 Å². The van der Waals surface area contributed by atoms with Gasteiger partial charge in [-0.15, -0.1) is 0 Å². The molecule has 2 saturated heterocycles.